The van der Waals surface area contributed by atoms with Crippen molar-refractivity contribution in [3.05, 3.63) is 44.9 Å². The lowest BCUT2D eigenvalue weighted by Gasteiger charge is -2.06. The molecule has 0 unspecified atom stereocenters. The average molecular weight is 417 g/mol. The molecule has 140 valence electrons. The topological polar surface area (TPSA) is 92.4 Å². The quantitative estimate of drug-likeness (QED) is 0.574. The van der Waals surface area contributed by atoms with E-state index in [1.807, 2.05) is 0 Å². The van der Waals surface area contributed by atoms with Crippen LogP contribution in [-0.4, -0.2) is 30.1 Å². The van der Waals surface area contributed by atoms with Crippen LogP contribution in [0.25, 0.3) is 0 Å². The normalized spacial score (nSPS) is 10.4. The number of hydrogen-bond acceptors (Lipinski definition) is 5. The van der Waals surface area contributed by atoms with Crippen molar-refractivity contribution in [3.63, 3.8) is 0 Å². The minimum absolute atomic E-state index is 0.0966. The molecule has 1 aromatic heterocycles. The van der Waals surface area contributed by atoms with Crippen LogP contribution in [0.5, 0.6) is 0 Å². The Morgan fingerprint density at radius 3 is 2.77 bits per heavy atom. The third kappa shape index (κ3) is 7.17. The summed E-state index contributed by atoms with van der Waals surface area (Å²) in [7, 11) is 0. The van der Waals surface area contributed by atoms with Crippen molar-refractivity contribution in [2.75, 3.05) is 18.5 Å². The van der Waals surface area contributed by atoms with Gasteiger partial charge in [-0.25, -0.2) is 9.78 Å². The van der Waals surface area contributed by atoms with Crippen molar-refractivity contribution in [1.82, 2.24) is 15.6 Å². The van der Waals surface area contributed by atoms with Gasteiger partial charge in [0.05, 0.1) is 29.0 Å². The molecule has 3 N–H and O–H groups in total. The number of amides is 3. The molecule has 0 spiro atoms. The van der Waals surface area contributed by atoms with Crippen LogP contribution in [0.1, 0.15) is 18.2 Å². The Kier molecular flexibility index (Phi) is 8.11. The molecule has 0 radical (unpaired) electrons. The standard InChI is InChI=1S/C16H18Cl2N4O3S/c1-10(23)19-4-5-25-8-12-9-26-16(21-12)22-15(24)20-7-11-2-3-13(17)14(18)6-11/h2-3,6,9H,4-5,7-8H2,1H3,(H,19,23)(H2,20,21,22,24). The molecule has 1 heterocycles. The summed E-state index contributed by atoms with van der Waals surface area (Å²) >= 11 is 13.1. The van der Waals surface area contributed by atoms with E-state index in [2.05, 4.69) is 20.9 Å². The maximum absolute atomic E-state index is 11.9. The first kappa shape index (κ1) is 20.4. The van der Waals surface area contributed by atoms with Crippen molar-refractivity contribution in [3.8, 4) is 0 Å². The zero-order valence-corrected chi connectivity index (χ0v) is 16.3. The summed E-state index contributed by atoms with van der Waals surface area (Å²) in [5.74, 6) is -0.0966. The minimum atomic E-state index is -0.372. The van der Waals surface area contributed by atoms with Gasteiger partial charge in [-0.2, -0.15) is 0 Å². The lowest BCUT2D eigenvalue weighted by Crippen LogP contribution is -2.28. The van der Waals surface area contributed by atoms with Gasteiger partial charge in [-0.1, -0.05) is 29.3 Å². The van der Waals surface area contributed by atoms with Gasteiger partial charge >= 0.3 is 6.03 Å². The van der Waals surface area contributed by atoms with E-state index < -0.39 is 0 Å². The highest BCUT2D eigenvalue weighted by Gasteiger charge is 2.07. The van der Waals surface area contributed by atoms with Crippen LogP contribution in [0.2, 0.25) is 10.0 Å². The molecule has 0 aliphatic heterocycles. The lowest BCUT2D eigenvalue weighted by atomic mass is 10.2. The van der Waals surface area contributed by atoms with E-state index in [9.17, 15) is 9.59 Å². The Balaban J connectivity index is 1.71. The highest BCUT2D eigenvalue weighted by Crippen LogP contribution is 2.22. The van der Waals surface area contributed by atoms with Crippen molar-refractivity contribution >= 4 is 51.6 Å². The fourth-order valence-electron chi connectivity index (χ4n) is 1.88. The van der Waals surface area contributed by atoms with E-state index in [0.29, 0.717) is 47.2 Å². The molecule has 0 bridgehead atoms. The second-order valence-corrected chi connectivity index (χ2v) is 6.91. The molecule has 0 saturated heterocycles. The van der Waals surface area contributed by atoms with Gasteiger partial charge < -0.3 is 15.4 Å². The molecule has 0 atom stereocenters. The third-order valence-electron chi connectivity index (χ3n) is 3.08. The number of benzene rings is 1. The summed E-state index contributed by atoms with van der Waals surface area (Å²) in [6.45, 7) is 2.91. The van der Waals surface area contributed by atoms with Crippen molar-refractivity contribution in [2.45, 2.75) is 20.1 Å². The summed E-state index contributed by atoms with van der Waals surface area (Å²) in [5, 5.41) is 11.2. The average Bonchev–Trinajstić information content (AvgIpc) is 3.02. The zero-order chi connectivity index (χ0) is 18.9. The molecule has 0 fully saturated rings. The fourth-order valence-corrected chi connectivity index (χ4v) is 2.89. The number of aromatic nitrogens is 1. The molecular formula is C16H18Cl2N4O3S. The van der Waals surface area contributed by atoms with Crippen LogP contribution in [-0.2, 0) is 22.7 Å². The number of urea groups is 1. The molecule has 0 aliphatic carbocycles. The third-order valence-corrected chi connectivity index (χ3v) is 4.63. The summed E-state index contributed by atoms with van der Waals surface area (Å²) in [4.78, 5) is 26.9. The summed E-state index contributed by atoms with van der Waals surface area (Å²) < 4.78 is 5.39. The number of rotatable bonds is 8. The first-order chi connectivity index (χ1) is 12.4. The Morgan fingerprint density at radius 1 is 1.23 bits per heavy atom. The highest BCUT2D eigenvalue weighted by molar-refractivity contribution is 7.13. The number of halogens is 2. The first-order valence-corrected chi connectivity index (χ1v) is 9.33. The SMILES string of the molecule is CC(=O)NCCOCc1csc(NC(=O)NCc2ccc(Cl)c(Cl)c2)n1. The van der Waals surface area contributed by atoms with Crippen molar-refractivity contribution < 1.29 is 14.3 Å². The Bertz CT molecular complexity index is 770. The van der Waals surface area contributed by atoms with Crippen LogP contribution in [0.4, 0.5) is 9.93 Å². The zero-order valence-electron chi connectivity index (χ0n) is 14.0. The molecule has 10 heteroatoms. The van der Waals surface area contributed by atoms with Crippen LogP contribution in [0.3, 0.4) is 0 Å². The Hall–Kier alpha value is -1.87. The van der Waals surface area contributed by atoms with Crippen LogP contribution in [0, 0.1) is 0 Å². The second kappa shape index (κ2) is 10.3. The van der Waals surface area contributed by atoms with Gasteiger partial charge in [-0.15, -0.1) is 11.3 Å². The number of anilines is 1. The smallest absolute Gasteiger partial charge is 0.321 e. The monoisotopic (exact) mass is 416 g/mol. The van der Waals surface area contributed by atoms with Crippen LogP contribution < -0.4 is 16.0 Å². The number of nitrogens with zero attached hydrogens (tertiary/aromatic N) is 1. The maximum atomic E-state index is 11.9. The van der Waals surface area contributed by atoms with E-state index in [1.165, 1.54) is 18.3 Å². The Labute approximate surface area is 165 Å². The number of carbonyl (C=O) groups is 2. The summed E-state index contributed by atoms with van der Waals surface area (Å²) in [6.07, 6.45) is 0. The van der Waals surface area contributed by atoms with Gasteiger partial charge in [0.25, 0.3) is 0 Å². The van der Waals surface area contributed by atoms with E-state index in [1.54, 1.807) is 23.6 Å². The molecule has 2 aromatic rings. The van der Waals surface area contributed by atoms with Crippen LogP contribution >= 0.6 is 34.5 Å². The van der Waals surface area contributed by atoms with Crippen LogP contribution in [0.15, 0.2) is 23.6 Å². The van der Waals surface area contributed by atoms with Crippen molar-refractivity contribution in [1.29, 1.82) is 0 Å². The molecular weight excluding hydrogens is 399 g/mol. The van der Waals surface area contributed by atoms with Gasteiger partial charge in [-0.3, -0.25) is 10.1 Å². The fraction of sp³-hybridized carbons (Fsp3) is 0.312. The van der Waals surface area contributed by atoms with Gasteiger partial charge in [0.2, 0.25) is 5.91 Å². The highest BCUT2D eigenvalue weighted by atomic mass is 35.5. The lowest BCUT2D eigenvalue weighted by molar-refractivity contribution is -0.119. The van der Waals surface area contributed by atoms with E-state index in [0.717, 1.165) is 5.56 Å². The molecule has 26 heavy (non-hydrogen) atoms. The van der Waals surface area contributed by atoms with Gasteiger partial charge in [-0.05, 0) is 17.7 Å². The van der Waals surface area contributed by atoms with Gasteiger partial charge in [0.15, 0.2) is 5.13 Å². The molecule has 0 saturated carbocycles. The second-order valence-electron chi connectivity index (χ2n) is 5.24. The Morgan fingerprint density at radius 2 is 2.04 bits per heavy atom. The molecule has 7 nitrogen and oxygen atoms in total. The van der Waals surface area contributed by atoms with Gasteiger partial charge in [0, 0.05) is 25.4 Å². The predicted octanol–water partition coefficient (Wildman–Crippen LogP) is 3.42. The summed E-state index contributed by atoms with van der Waals surface area (Å²) in [5.41, 5.74) is 1.54. The summed E-state index contributed by atoms with van der Waals surface area (Å²) in [6, 6.07) is 4.79. The van der Waals surface area contributed by atoms with E-state index in [4.69, 9.17) is 27.9 Å². The van der Waals surface area contributed by atoms with Gasteiger partial charge in [0.1, 0.15) is 0 Å². The van der Waals surface area contributed by atoms with E-state index in [-0.39, 0.29) is 11.9 Å². The molecule has 0 aliphatic rings. The van der Waals surface area contributed by atoms with E-state index >= 15 is 0 Å². The number of carbonyl (C=O) groups excluding carboxylic acids is 2. The first-order valence-electron chi connectivity index (χ1n) is 7.69. The number of thiazole rings is 1. The van der Waals surface area contributed by atoms with Crippen molar-refractivity contribution in [2.24, 2.45) is 0 Å². The number of nitrogens with one attached hydrogen (secondary N) is 3. The molecule has 3 amide bonds. The predicted molar refractivity (Wildman–Crippen MR) is 103 cm³/mol. The number of ether oxygens (including phenoxy) is 1. The molecule has 1 aromatic carbocycles. The number of hydrogen-bond donors (Lipinski definition) is 3. The minimum Gasteiger partial charge on any atom is -0.373 e. The molecule has 2 rings (SSSR count). The maximum Gasteiger partial charge on any atom is 0.321 e. The largest absolute Gasteiger partial charge is 0.373 e.